The Morgan fingerprint density at radius 2 is 1.95 bits per heavy atom. The summed E-state index contributed by atoms with van der Waals surface area (Å²) in [5, 5.41) is 0. The molecule has 2 saturated heterocycles. The zero-order valence-electron chi connectivity index (χ0n) is 11.1. The summed E-state index contributed by atoms with van der Waals surface area (Å²) in [7, 11) is 0. The Morgan fingerprint density at radius 1 is 1.16 bits per heavy atom. The predicted octanol–water partition coefficient (Wildman–Crippen LogP) is 2.78. The van der Waals surface area contributed by atoms with Gasteiger partial charge in [-0.25, -0.2) is 4.39 Å². The number of benzene rings is 1. The van der Waals surface area contributed by atoms with E-state index in [9.17, 15) is 4.39 Å². The zero-order chi connectivity index (χ0) is 13.2. The van der Waals surface area contributed by atoms with Crippen molar-refractivity contribution in [1.29, 1.82) is 0 Å². The molecule has 2 aliphatic heterocycles. The molecule has 2 fully saturated rings. The van der Waals surface area contributed by atoms with Gasteiger partial charge in [-0.2, -0.15) is 0 Å². The fourth-order valence-electron chi connectivity index (χ4n) is 2.77. The molecule has 0 radical (unpaired) electrons. The van der Waals surface area contributed by atoms with Crippen LogP contribution in [-0.4, -0.2) is 32.8 Å². The SMILES string of the molecule is C=C1CCCN1c1ccc(N2CCOCC2)c(F)c1. The van der Waals surface area contributed by atoms with Crippen molar-refractivity contribution in [3.8, 4) is 0 Å². The second-order valence-electron chi connectivity index (χ2n) is 5.06. The number of nitrogens with zero attached hydrogens (tertiary/aromatic N) is 2. The number of morpholine rings is 1. The highest BCUT2D eigenvalue weighted by molar-refractivity contribution is 5.60. The summed E-state index contributed by atoms with van der Waals surface area (Å²) in [5.41, 5.74) is 2.67. The molecule has 19 heavy (non-hydrogen) atoms. The van der Waals surface area contributed by atoms with Gasteiger partial charge in [0, 0.05) is 31.0 Å². The van der Waals surface area contributed by atoms with Gasteiger partial charge in [-0.05, 0) is 31.0 Å². The smallest absolute Gasteiger partial charge is 0.148 e. The summed E-state index contributed by atoms with van der Waals surface area (Å²) in [6, 6.07) is 5.49. The van der Waals surface area contributed by atoms with Crippen molar-refractivity contribution in [1.82, 2.24) is 0 Å². The predicted molar refractivity (Wildman–Crippen MR) is 75.2 cm³/mol. The van der Waals surface area contributed by atoms with Crippen LogP contribution in [0.5, 0.6) is 0 Å². The highest BCUT2D eigenvalue weighted by Gasteiger charge is 2.20. The van der Waals surface area contributed by atoms with Crippen molar-refractivity contribution in [3.63, 3.8) is 0 Å². The molecule has 0 aromatic heterocycles. The number of hydrogen-bond acceptors (Lipinski definition) is 3. The Bertz CT molecular complexity index is 483. The minimum Gasteiger partial charge on any atom is -0.378 e. The van der Waals surface area contributed by atoms with Gasteiger partial charge in [-0.15, -0.1) is 0 Å². The molecule has 0 bridgehead atoms. The van der Waals surface area contributed by atoms with Crippen LogP contribution in [0.15, 0.2) is 30.5 Å². The van der Waals surface area contributed by atoms with Crippen molar-refractivity contribution in [2.75, 3.05) is 42.6 Å². The summed E-state index contributed by atoms with van der Waals surface area (Å²) in [6.45, 7) is 7.82. The summed E-state index contributed by atoms with van der Waals surface area (Å²) in [4.78, 5) is 4.15. The lowest BCUT2D eigenvalue weighted by Gasteiger charge is -2.30. The van der Waals surface area contributed by atoms with Gasteiger partial charge in [0.05, 0.1) is 18.9 Å². The van der Waals surface area contributed by atoms with Crippen LogP contribution in [0, 0.1) is 5.82 Å². The van der Waals surface area contributed by atoms with Crippen LogP contribution >= 0.6 is 0 Å². The Kier molecular flexibility index (Phi) is 3.42. The molecule has 2 heterocycles. The lowest BCUT2D eigenvalue weighted by Crippen LogP contribution is -2.36. The van der Waals surface area contributed by atoms with Crippen molar-refractivity contribution in [3.05, 3.63) is 36.3 Å². The minimum absolute atomic E-state index is 0.154. The molecule has 4 heteroatoms. The maximum absolute atomic E-state index is 14.3. The summed E-state index contributed by atoms with van der Waals surface area (Å²) in [6.07, 6.45) is 2.11. The largest absolute Gasteiger partial charge is 0.378 e. The Morgan fingerprint density at radius 3 is 2.58 bits per heavy atom. The van der Waals surface area contributed by atoms with Crippen molar-refractivity contribution in [2.24, 2.45) is 0 Å². The summed E-state index contributed by atoms with van der Waals surface area (Å²) in [5.74, 6) is -0.154. The minimum atomic E-state index is -0.154. The number of ether oxygens (including phenoxy) is 1. The van der Waals surface area contributed by atoms with Crippen LogP contribution in [0.3, 0.4) is 0 Å². The number of allylic oxidation sites excluding steroid dienone is 1. The average molecular weight is 262 g/mol. The third-order valence-corrected chi connectivity index (χ3v) is 3.82. The molecule has 102 valence electrons. The Labute approximate surface area is 113 Å². The lowest BCUT2D eigenvalue weighted by molar-refractivity contribution is 0.122. The van der Waals surface area contributed by atoms with Crippen LogP contribution in [0.2, 0.25) is 0 Å². The Hall–Kier alpha value is -1.55. The number of hydrogen-bond donors (Lipinski definition) is 0. The third kappa shape index (κ3) is 2.45. The second-order valence-corrected chi connectivity index (χ2v) is 5.06. The Balaban J connectivity index is 1.82. The van der Waals surface area contributed by atoms with Gasteiger partial charge in [0.15, 0.2) is 0 Å². The van der Waals surface area contributed by atoms with Gasteiger partial charge >= 0.3 is 0 Å². The van der Waals surface area contributed by atoms with Crippen LogP contribution in [-0.2, 0) is 4.74 Å². The van der Waals surface area contributed by atoms with E-state index in [2.05, 4.69) is 11.5 Å². The first-order valence-corrected chi connectivity index (χ1v) is 6.83. The van der Waals surface area contributed by atoms with Gasteiger partial charge in [0.1, 0.15) is 5.82 Å². The molecule has 3 nitrogen and oxygen atoms in total. The van der Waals surface area contributed by atoms with Gasteiger partial charge in [-0.3, -0.25) is 0 Å². The molecule has 0 spiro atoms. The molecule has 0 N–H and O–H groups in total. The first kappa shape index (κ1) is 12.5. The fraction of sp³-hybridized carbons (Fsp3) is 0.467. The van der Waals surface area contributed by atoms with E-state index in [4.69, 9.17) is 4.74 Å². The summed E-state index contributed by atoms with van der Waals surface area (Å²) >= 11 is 0. The normalized spacial score (nSPS) is 20.2. The molecule has 3 rings (SSSR count). The van der Waals surface area contributed by atoms with Gasteiger partial charge in [-0.1, -0.05) is 6.58 Å². The molecule has 0 saturated carbocycles. The average Bonchev–Trinajstić information content (AvgIpc) is 2.86. The van der Waals surface area contributed by atoms with E-state index in [1.165, 1.54) is 0 Å². The second kappa shape index (κ2) is 5.21. The topological polar surface area (TPSA) is 15.7 Å². The molecule has 2 aliphatic rings. The molecule has 0 atom stereocenters. The zero-order valence-corrected chi connectivity index (χ0v) is 11.1. The van der Waals surface area contributed by atoms with E-state index < -0.39 is 0 Å². The van der Waals surface area contributed by atoms with Crippen molar-refractivity contribution in [2.45, 2.75) is 12.8 Å². The fourth-order valence-corrected chi connectivity index (χ4v) is 2.77. The van der Waals surface area contributed by atoms with E-state index in [0.29, 0.717) is 18.9 Å². The van der Waals surface area contributed by atoms with Crippen LogP contribution in [0.4, 0.5) is 15.8 Å². The number of anilines is 2. The highest BCUT2D eigenvalue weighted by atomic mass is 19.1. The molecular weight excluding hydrogens is 243 g/mol. The molecule has 1 aromatic carbocycles. The highest BCUT2D eigenvalue weighted by Crippen LogP contribution is 2.31. The number of halogens is 1. The van der Waals surface area contributed by atoms with E-state index in [1.807, 2.05) is 17.0 Å². The van der Waals surface area contributed by atoms with Gasteiger partial charge in [0.2, 0.25) is 0 Å². The van der Waals surface area contributed by atoms with Crippen molar-refractivity contribution >= 4 is 11.4 Å². The van der Waals surface area contributed by atoms with Crippen LogP contribution < -0.4 is 9.80 Å². The van der Waals surface area contributed by atoms with E-state index in [-0.39, 0.29) is 5.82 Å². The quantitative estimate of drug-likeness (QED) is 0.815. The maximum atomic E-state index is 14.3. The van der Waals surface area contributed by atoms with Gasteiger partial charge < -0.3 is 14.5 Å². The van der Waals surface area contributed by atoms with E-state index in [1.54, 1.807) is 6.07 Å². The van der Waals surface area contributed by atoms with Crippen molar-refractivity contribution < 1.29 is 9.13 Å². The number of rotatable bonds is 2. The van der Waals surface area contributed by atoms with E-state index in [0.717, 1.165) is 43.9 Å². The summed E-state index contributed by atoms with van der Waals surface area (Å²) < 4.78 is 19.6. The monoisotopic (exact) mass is 262 g/mol. The first-order chi connectivity index (χ1) is 9.25. The lowest BCUT2D eigenvalue weighted by atomic mass is 10.2. The first-order valence-electron chi connectivity index (χ1n) is 6.83. The van der Waals surface area contributed by atoms with Gasteiger partial charge in [0.25, 0.3) is 0 Å². The molecule has 0 aliphatic carbocycles. The standard InChI is InChI=1S/C15H19FN2O/c1-12-3-2-6-18(12)13-4-5-15(14(16)11-13)17-7-9-19-10-8-17/h4-5,11H,1-3,6-10H2. The van der Waals surface area contributed by atoms with Crippen LogP contribution in [0.25, 0.3) is 0 Å². The molecule has 0 unspecified atom stereocenters. The third-order valence-electron chi connectivity index (χ3n) is 3.82. The molecule has 0 amide bonds. The maximum Gasteiger partial charge on any atom is 0.148 e. The van der Waals surface area contributed by atoms with E-state index >= 15 is 0 Å². The molecular formula is C15H19FN2O. The van der Waals surface area contributed by atoms with Crippen LogP contribution in [0.1, 0.15) is 12.8 Å². The molecule has 1 aromatic rings.